The van der Waals surface area contributed by atoms with Crippen molar-refractivity contribution in [3.8, 4) is 0 Å². The maximum atomic E-state index is 5.27. The highest BCUT2D eigenvalue weighted by Crippen LogP contribution is 2.31. The molecule has 1 fully saturated rings. The van der Waals surface area contributed by atoms with Crippen LogP contribution in [0.15, 0.2) is 0 Å². The molecule has 1 aliphatic heterocycles. The van der Waals surface area contributed by atoms with Gasteiger partial charge in [-0.15, -0.1) is 5.10 Å². The molecule has 1 aromatic rings. The van der Waals surface area contributed by atoms with Gasteiger partial charge in [-0.3, -0.25) is 4.57 Å². The van der Waals surface area contributed by atoms with Crippen LogP contribution in [0.3, 0.4) is 0 Å². The molecule has 2 rings (SSSR count). The van der Waals surface area contributed by atoms with Crippen LogP contribution in [0.25, 0.3) is 0 Å². The molecule has 0 radical (unpaired) electrons. The molecule has 0 saturated carbocycles. The summed E-state index contributed by atoms with van der Waals surface area (Å²) in [5.74, 6) is 1.02. The standard InChI is InChI=1S/C12H22N4S/c1-4-7-16-10(13-14-11(16)17)15-8-5-12(2,3)6-9-15/h4-9H2,1-3H3,(H,14,17). The summed E-state index contributed by atoms with van der Waals surface area (Å²) in [5, 5.41) is 7.29. The minimum Gasteiger partial charge on any atom is -0.341 e. The second kappa shape index (κ2) is 4.80. The van der Waals surface area contributed by atoms with Crippen molar-refractivity contribution in [2.45, 2.75) is 46.6 Å². The summed E-state index contributed by atoms with van der Waals surface area (Å²) in [5.41, 5.74) is 0.471. The van der Waals surface area contributed by atoms with E-state index in [1.165, 1.54) is 12.8 Å². The van der Waals surface area contributed by atoms with Gasteiger partial charge in [-0.2, -0.15) is 0 Å². The van der Waals surface area contributed by atoms with Crippen molar-refractivity contribution >= 4 is 18.2 Å². The van der Waals surface area contributed by atoms with Crippen LogP contribution in [-0.4, -0.2) is 27.9 Å². The molecule has 17 heavy (non-hydrogen) atoms. The van der Waals surface area contributed by atoms with Gasteiger partial charge in [0.05, 0.1) is 0 Å². The van der Waals surface area contributed by atoms with E-state index in [-0.39, 0.29) is 0 Å². The monoisotopic (exact) mass is 254 g/mol. The number of nitrogens with one attached hydrogen (secondary N) is 1. The van der Waals surface area contributed by atoms with Gasteiger partial charge in [-0.05, 0) is 36.9 Å². The van der Waals surface area contributed by atoms with E-state index >= 15 is 0 Å². The third-order valence-corrected chi connectivity index (χ3v) is 3.90. The number of aromatic amines is 1. The highest BCUT2D eigenvalue weighted by atomic mass is 32.1. The molecule has 1 N–H and O–H groups in total. The molecule has 4 nitrogen and oxygen atoms in total. The number of anilines is 1. The maximum absolute atomic E-state index is 5.27. The summed E-state index contributed by atoms with van der Waals surface area (Å²) in [6, 6.07) is 0. The topological polar surface area (TPSA) is 36.9 Å². The highest BCUT2D eigenvalue weighted by molar-refractivity contribution is 7.71. The predicted molar refractivity (Wildman–Crippen MR) is 72.9 cm³/mol. The summed E-state index contributed by atoms with van der Waals surface area (Å²) < 4.78 is 2.86. The number of hydrogen-bond acceptors (Lipinski definition) is 3. The molecule has 1 aromatic heterocycles. The normalized spacial score (nSPS) is 19.6. The van der Waals surface area contributed by atoms with Crippen LogP contribution in [0, 0.1) is 10.2 Å². The molecule has 0 aromatic carbocycles. The number of H-pyrrole nitrogens is 1. The minimum atomic E-state index is 0.471. The lowest BCUT2D eigenvalue weighted by atomic mass is 9.83. The second-order valence-corrected chi connectivity index (χ2v) is 6.02. The maximum Gasteiger partial charge on any atom is 0.225 e. The van der Waals surface area contributed by atoms with E-state index in [1.807, 2.05) is 0 Å². The van der Waals surface area contributed by atoms with Gasteiger partial charge in [0.25, 0.3) is 0 Å². The third-order valence-electron chi connectivity index (χ3n) is 3.59. The van der Waals surface area contributed by atoms with Gasteiger partial charge in [0.2, 0.25) is 5.95 Å². The van der Waals surface area contributed by atoms with Gasteiger partial charge in [-0.25, -0.2) is 5.10 Å². The lowest BCUT2D eigenvalue weighted by Crippen LogP contribution is -2.38. The van der Waals surface area contributed by atoms with Gasteiger partial charge in [0, 0.05) is 19.6 Å². The van der Waals surface area contributed by atoms with Crippen LogP contribution in [0.5, 0.6) is 0 Å². The fraction of sp³-hybridized carbons (Fsp3) is 0.833. The van der Waals surface area contributed by atoms with Gasteiger partial charge in [0.15, 0.2) is 4.77 Å². The first-order chi connectivity index (χ1) is 8.03. The van der Waals surface area contributed by atoms with Crippen molar-refractivity contribution in [3.05, 3.63) is 4.77 Å². The average Bonchev–Trinajstić information content (AvgIpc) is 2.62. The van der Waals surface area contributed by atoms with Gasteiger partial charge in [-0.1, -0.05) is 20.8 Å². The van der Waals surface area contributed by atoms with Crippen molar-refractivity contribution in [1.29, 1.82) is 0 Å². The number of hydrogen-bond donors (Lipinski definition) is 1. The van der Waals surface area contributed by atoms with Crippen molar-refractivity contribution < 1.29 is 0 Å². The summed E-state index contributed by atoms with van der Waals surface area (Å²) in [4.78, 5) is 2.35. The van der Waals surface area contributed by atoms with E-state index in [1.54, 1.807) is 0 Å². The molecule has 0 aliphatic carbocycles. The quantitative estimate of drug-likeness (QED) is 0.843. The Kier molecular flexibility index (Phi) is 3.56. The van der Waals surface area contributed by atoms with Crippen LogP contribution in [0.4, 0.5) is 5.95 Å². The predicted octanol–water partition coefficient (Wildman–Crippen LogP) is 2.98. The number of aromatic nitrogens is 3. The van der Waals surface area contributed by atoms with Crippen LogP contribution in [-0.2, 0) is 6.54 Å². The Labute approximate surface area is 108 Å². The van der Waals surface area contributed by atoms with Gasteiger partial charge < -0.3 is 4.90 Å². The summed E-state index contributed by atoms with van der Waals surface area (Å²) in [6.45, 7) is 9.95. The molecule has 2 heterocycles. The second-order valence-electron chi connectivity index (χ2n) is 5.63. The average molecular weight is 254 g/mol. The number of piperidine rings is 1. The van der Waals surface area contributed by atoms with Crippen LogP contribution < -0.4 is 4.90 Å². The Morgan fingerprint density at radius 1 is 1.35 bits per heavy atom. The molecule has 96 valence electrons. The minimum absolute atomic E-state index is 0.471. The van der Waals surface area contributed by atoms with Gasteiger partial charge >= 0.3 is 0 Å². The SMILES string of the molecule is CCCn1c(N2CCC(C)(C)CC2)n[nH]c1=S. The van der Waals surface area contributed by atoms with E-state index in [4.69, 9.17) is 12.2 Å². The molecular weight excluding hydrogens is 232 g/mol. The molecular formula is C12H22N4S. The molecule has 0 bridgehead atoms. The zero-order chi connectivity index (χ0) is 12.5. The first-order valence-corrected chi connectivity index (χ1v) is 6.84. The smallest absolute Gasteiger partial charge is 0.225 e. The van der Waals surface area contributed by atoms with Crippen LogP contribution in [0.1, 0.15) is 40.0 Å². The summed E-state index contributed by atoms with van der Waals surface area (Å²) in [6.07, 6.45) is 3.53. The molecule has 5 heteroatoms. The van der Waals surface area contributed by atoms with Crippen molar-refractivity contribution in [2.75, 3.05) is 18.0 Å². The fourth-order valence-electron chi connectivity index (χ4n) is 2.29. The van der Waals surface area contributed by atoms with Crippen LogP contribution >= 0.6 is 12.2 Å². The van der Waals surface area contributed by atoms with E-state index in [0.29, 0.717) is 5.41 Å². The Hall–Kier alpha value is -0.840. The summed E-state index contributed by atoms with van der Waals surface area (Å²) >= 11 is 5.27. The Morgan fingerprint density at radius 2 is 2.00 bits per heavy atom. The lowest BCUT2D eigenvalue weighted by Gasteiger charge is -2.37. The van der Waals surface area contributed by atoms with Crippen LogP contribution in [0.2, 0.25) is 0 Å². The third kappa shape index (κ3) is 2.70. The van der Waals surface area contributed by atoms with E-state index in [9.17, 15) is 0 Å². The fourth-order valence-corrected chi connectivity index (χ4v) is 2.51. The Balaban J connectivity index is 2.16. The number of rotatable bonds is 3. The molecule has 0 spiro atoms. The molecule has 1 saturated heterocycles. The van der Waals surface area contributed by atoms with Gasteiger partial charge in [0.1, 0.15) is 0 Å². The first-order valence-electron chi connectivity index (χ1n) is 6.44. The first kappa shape index (κ1) is 12.6. The molecule has 1 aliphatic rings. The van der Waals surface area contributed by atoms with E-state index < -0.39 is 0 Å². The van der Waals surface area contributed by atoms with Crippen molar-refractivity contribution in [3.63, 3.8) is 0 Å². The largest absolute Gasteiger partial charge is 0.341 e. The zero-order valence-corrected chi connectivity index (χ0v) is 11.8. The zero-order valence-electron chi connectivity index (χ0n) is 11.0. The lowest BCUT2D eigenvalue weighted by molar-refractivity contribution is 0.277. The summed E-state index contributed by atoms with van der Waals surface area (Å²) in [7, 11) is 0. The highest BCUT2D eigenvalue weighted by Gasteiger charge is 2.27. The Bertz CT molecular complexity index is 422. The van der Waals surface area contributed by atoms with Crippen molar-refractivity contribution in [1.82, 2.24) is 14.8 Å². The molecule has 0 unspecified atom stereocenters. The Morgan fingerprint density at radius 3 is 2.59 bits per heavy atom. The van der Waals surface area contributed by atoms with E-state index in [0.717, 1.165) is 36.8 Å². The number of nitrogens with zero attached hydrogens (tertiary/aromatic N) is 3. The van der Waals surface area contributed by atoms with E-state index in [2.05, 4.69) is 40.4 Å². The van der Waals surface area contributed by atoms with Crippen molar-refractivity contribution in [2.24, 2.45) is 5.41 Å². The molecule has 0 amide bonds. The molecule has 0 atom stereocenters.